The fourth-order valence-corrected chi connectivity index (χ4v) is 1.46. The third kappa shape index (κ3) is 5.09. The molecule has 0 aliphatic heterocycles. The highest BCUT2D eigenvalue weighted by Crippen LogP contribution is 2.12. The van der Waals surface area contributed by atoms with E-state index in [1.54, 1.807) is 24.3 Å². The van der Waals surface area contributed by atoms with E-state index in [-0.39, 0.29) is 30.4 Å². The molecule has 0 fully saturated rings. The van der Waals surface area contributed by atoms with Crippen LogP contribution in [0.1, 0.15) is 23.2 Å². The maximum Gasteiger partial charge on any atom is 0.305 e. The molecule has 0 spiro atoms. The van der Waals surface area contributed by atoms with Crippen molar-refractivity contribution in [3.63, 3.8) is 0 Å². The van der Waals surface area contributed by atoms with Crippen LogP contribution in [0.25, 0.3) is 0 Å². The molecule has 0 aliphatic carbocycles. The van der Waals surface area contributed by atoms with E-state index in [1.165, 1.54) is 7.11 Å². The number of carbonyl (C=O) groups excluding carboxylic acids is 3. The molecule has 1 aromatic carbocycles. The number of Topliss-reactive ketones (excluding diaryl/α,β-unsaturated/α-hetero) is 1. The van der Waals surface area contributed by atoms with Crippen LogP contribution in [0, 0.1) is 0 Å². The first-order valence-corrected chi connectivity index (χ1v) is 6.16. The van der Waals surface area contributed by atoms with Gasteiger partial charge < -0.3 is 10.1 Å². The number of halogens is 1. The first-order chi connectivity index (χ1) is 9.06. The summed E-state index contributed by atoms with van der Waals surface area (Å²) in [5, 5.41) is 2.56. The monoisotopic (exact) mass is 283 g/mol. The molecule has 1 amide bonds. The molecule has 6 heteroatoms. The van der Waals surface area contributed by atoms with Crippen LogP contribution in [0.4, 0.5) is 5.69 Å². The van der Waals surface area contributed by atoms with E-state index in [0.29, 0.717) is 11.3 Å². The summed E-state index contributed by atoms with van der Waals surface area (Å²) in [6, 6.07) is 6.39. The number of amides is 1. The molecule has 1 N–H and O–H groups in total. The van der Waals surface area contributed by atoms with Crippen molar-refractivity contribution in [2.75, 3.05) is 18.3 Å². The Balaban J connectivity index is 2.58. The first kappa shape index (κ1) is 15.2. The van der Waals surface area contributed by atoms with E-state index in [2.05, 4.69) is 10.1 Å². The van der Waals surface area contributed by atoms with Crippen LogP contribution in [0.5, 0.6) is 0 Å². The predicted octanol–water partition coefficient (Wildman–Crippen LogP) is 2.00. The molecule has 0 saturated heterocycles. The summed E-state index contributed by atoms with van der Waals surface area (Å²) in [5.74, 6) is -1.01. The molecule has 1 rings (SSSR count). The average Bonchev–Trinajstić information content (AvgIpc) is 2.44. The first-order valence-electron chi connectivity index (χ1n) is 5.62. The molecule has 19 heavy (non-hydrogen) atoms. The average molecular weight is 284 g/mol. The molecule has 102 valence electrons. The zero-order valence-corrected chi connectivity index (χ0v) is 11.2. The molecule has 0 aliphatic rings. The fraction of sp³-hybridized carbons (Fsp3) is 0.308. The summed E-state index contributed by atoms with van der Waals surface area (Å²) in [4.78, 5) is 33.7. The molecule has 0 heterocycles. The zero-order valence-electron chi connectivity index (χ0n) is 10.4. The number of ether oxygens (including phenoxy) is 1. The van der Waals surface area contributed by atoms with Gasteiger partial charge in [0, 0.05) is 17.7 Å². The number of anilines is 1. The van der Waals surface area contributed by atoms with Crippen LogP contribution in [0.15, 0.2) is 24.3 Å². The van der Waals surface area contributed by atoms with Gasteiger partial charge in [0.05, 0.1) is 13.5 Å². The van der Waals surface area contributed by atoms with E-state index < -0.39 is 5.97 Å². The van der Waals surface area contributed by atoms with Gasteiger partial charge in [0.15, 0.2) is 5.78 Å². The minimum atomic E-state index is -0.417. The van der Waals surface area contributed by atoms with Crippen LogP contribution < -0.4 is 5.32 Å². The molecular weight excluding hydrogens is 270 g/mol. The Morgan fingerprint density at radius 3 is 2.32 bits per heavy atom. The highest BCUT2D eigenvalue weighted by atomic mass is 35.5. The molecule has 0 bridgehead atoms. The Bertz CT molecular complexity index is 470. The maximum atomic E-state index is 11.7. The fourth-order valence-electron chi connectivity index (χ4n) is 1.40. The number of nitrogens with one attached hydrogen (secondary N) is 1. The van der Waals surface area contributed by atoms with Crippen LogP contribution in [0.2, 0.25) is 0 Å². The van der Waals surface area contributed by atoms with E-state index in [0.717, 1.165) is 0 Å². The lowest BCUT2D eigenvalue weighted by Gasteiger charge is -2.04. The van der Waals surface area contributed by atoms with Crippen LogP contribution >= 0.6 is 11.6 Å². The lowest BCUT2D eigenvalue weighted by atomic mass is 10.1. The second-order valence-electron chi connectivity index (χ2n) is 3.76. The number of esters is 1. The maximum absolute atomic E-state index is 11.7. The highest BCUT2D eigenvalue weighted by Gasteiger charge is 2.09. The van der Waals surface area contributed by atoms with Crippen LogP contribution in [-0.4, -0.2) is 30.6 Å². The van der Waals surface area contributed by atoms with E-state index >= 15 is 0 Å². The lowest BCUT2D eigenvalue weighted by molar-refractivity contribution is -0.140. The third-order valence-corrected chi connectivity index (χ3v) is 2.64. The van der Waals surface area contributed by atoms with Gasteiger partial charge in [-0.15, -0.1) is 11.6 Å². The largest absolute Gasteiger partial charge is 0.469 e. The number of hydrogen-bond donors (Lipinski definition) is 1. The smallest absolute Gasteiger partial charge is 0.305 e. The summed E-state index contributed by atoms with van der Waals surface area (Å²) in [7, 11) is 1.28. The highest BCUT2D eigenvalue weighted by molar-refractivity contribution is 6.29. The molecule has 0 saturated carbocycles. The Morgan fingerprint density at radius 1 is 1.16 bits per heavy atom. The normalized spacial score (nSPS) is 9.79. The van der Waals surface area contributed by atoms with E-state index in [1.807, 2.05) is 0 Å². The van der Waals surface area contributed by atoms with Crippen molar-refractivity contribution in [3.05, 3.63) is 29.8 Å². The number of carbonyl (C=O) groups is 3. The summed E-state index contributed by atoms with van der Waals surface area (Å²) in [6.07, 6.45) is 0.153. The number of rotatable bonds is 6. The second-order valence-corrected chi connectivity index (χ2v) is 4.03. The number of methoxy groups -OCH3 is 1. The van der Waals surface area contributed by atoms with Gasteiger partial charge in [0.2, 0.25) is 5.91 Å². The minimum absolute atomic E-state index is 0.0556. The number of ketones is 1. The quantitative estimate of drug-likeness (QED) is 0.492. The molecule has 0 atom stereocenters. The van der Waals surface area contributed by atoms with Gasteiger partial charge in [-0.25, -0.2) is 0 Å². The van der Waals surface area contributed by atoms with Crippen molar-refractivity contribution in [1.82, 2.24) is 0 Å². The van der Waals surface area contributed by atoms with Crippen molar-refractivity contribution in [1.29, 1.82) is 0 Å². The lowest BCUT2D eigenvalue weighted by Crippen LogP contribution is -2.12. The topological polar surface area (TPSA) is 72.5 Å². The number of alkyl halides is 1. The van der Waals surface area contributed by atoms with Gasteiger partial charge in [0.25, 0.3) is 0 Å². The summed E-state index contributed by atoms with van der Waals surface area (Å²) >= 11 is 5.36. The Labute approximate surface area is 115 Å². The Morgan fingerprint density at radius 2 is 1.79 bits per heavy atom. The van der Waals surface area contributed by atoms with E-state index in [9.17, 15) is 14.4 Å². The standard InChI is InChI=1S/C13H14ClNO4/c1-19-13(18)7-6-11(16)9-2-4-10(5-3-9)15-12(17)8-14/h2-5H,6-8H2,1H3,(H,15,17). The van der Waals surface area contributed by atoms with Gasteiger partial charge in [-0.2, -0.15) is 0 Å². The van der Waals surface area contributed by atoms with Crippen LogP contribution in [0.3, 0.4) is 0 Å². The van der Waals surface area contributed by atoms with Crippen molar-refractivity contribution in [2.24, 2.45) is 0 Å². The predicted molar refractivity (Wildman–Crippen MR) is 71.4 cm³/mol. The summed E-state index contributed by atoms with van der Waals surface area (Å²) in [5.41, 5.74) is 1.04. The van der Waals surface area contributed by atoms with Crippen molar-refractivity contribution >= 4 is 34.9 Å². The number of benzene rings is 1. The Kier molecular flexibility index (Phi) is 6.02. The number of hydrogen-bond acceptors (Lipinski definition) is 4. The zero-order chi connectivity index (χ0) is 14.3. The molecular formula is C13H14ClNO4. The molecule has 1 aromatic rings. The van der Waals surface area contributed by atoms with Gasteiger partial charge in [-0.1, -0.05) is 0 Å². The van der Waals surface area contributed by atoms with Gasteiger partial charge in [0.1, 0.15) is 5.88 Å². The molecule has 0 radical (unpaired) electrons. The van der Waals surface area contributed by atoms with Crippen LogP contribution in [-0.2, 0) is 14.3 Å². The van der Waals surface area contributed by atoms with Crippen molar-refractivity contribution < 1.29 is 19.1 Å². The summed E-state index contributed by atoms with van der Waals surface area (Å²) in [6.45, 7) is 0. The molecule has 0 unspecified atom stereocenters. The van der Waals surface area contributed by atoms with Crippen molar-refractivity contribution in [2.45, 2.75) is 12.8 Å². The second kappa shape index (κ2) is 7.53. The van der Waals surface area contributed by atoms with Gasteiger partial charge >= 0.3 is 5.97 Å². The summed E-state index contributed by atoms with van der Waals surface area (Å²) < 4.78 is 4.46. The van der Waals surface area contributed by atoms with E-state index in [4.69, 9.17) is 11.6 Å². The Hall–Kier alpha value is -1.88. The molecule has 0 aromatic heterocycles. The third-order valence-electron chi connectivity index (χ3n) is 2.40. The SMILES string of the molecule is COC(=O)CCC(=O)c1ccc(NC(=O)CCl)cc1. The van der Waals surface area contributed by atoms with Crippen molar-refractivity contribution in [3.8, 4) is 0 Å². The minimum Gasteiger partial charge on any atom is -0.469 e. The van der Waals surface area contributed by atoms with Gasteiger partial charge in [-0.3, -0.25) is 14.4 Å². The van der Waals surface area contributed by atoms with Gasteiger partial charge in [-0.05, 0) is 24.3 Å². The molecule has 5 nitrogen and oxygen atoms in total.